The van der Waals surface area contributed by atoms with Crippen LogP contribution in [0.4, 0.5) is 0 Å². The molecule has 1 aliphatic rings. The molecule has 1 heterocycles. The van der Waals surface area contributed by atoms with Crippen molar-refractivity contribution in [3.05, 3.63) is 68.0 Å². The summed E-state index contributed by atoms with van der Waals surface area (Å²) in [5.41, 5.74) is 2.63. The predicted molar refractivity (Wildman–Crippen MR) is 84.4 cm³/mol. The minimum absolute atomic E-state index is 0.00839. The van der Waals surface area contributed by atoms with Crippen molar-refractivity contribution in [1.29, 1.82) is 0 Å². The van der Waals surface area contributed by atoms with Gasteiger partial charge in [-0.15, -0.1) is 0 Å². The zero-order valence-corrected chi connectivity index (χ0v) is 13.2. The molecule has 1 aromatic heterocycles. The SMILES string of the molecule is Cn1ccc(C(=O)NC2CCc3c(Br)cccc32)cc1=O. The highest BCUT2D eigenvalue weighted by Gasteiger charge is 2.25. The molecule has 2 aromatic rings. The van der Waals surface area contributed by atoms with Crippen molar-refractivity contribution in [2.75, 3.05) is 0 Å². The van der Waals surface area contributed by atoms with E-state index in [0.717, 1.165) is 22.9 Å². The van der Waals surface area contributed by atoms with Crippen LogP contribution in [-0.2, 0) is 13.5 Å². The van der Waals surface area contributed by atoms with Crippen LogP contribution in [0.5, 0.6) is 0 Å². The van der Waals surface area contributed by atoms with Crippen molar-refractivity contribution in [1.82, 2.24) is 9.88 Å². The van der Waals surface area contributed by atoms with Gasteiger partial charge in [0.25, 0.3) is 11.5 Å². The molecule has 5 heteroatoms. The highest BCUT2D eigenvalue weighted by molar-refractivity contribution is 9.10. The number of nitrogens with zero attached hydrogens (tertiary/aromatic N) is 1. The maximum atomic E-state index is 12.3. The molecule has 108 valence electrons. The predicted octanol–water partition coefficient (Wildman–Crippen LogP) is 2.57. The first-order chi connectivity index (χ1) is 10.1. The zero-order chi connectivity index (χ0) is 15.0. The summed E-state index contributed by atoms with van der Waals surface area (Å²) in [6.45, 7) is 0. The first kappa shape index (κ1) is 14.1. The van der Waals surface area contributed by atoms with Crippen LogP contribution in [0.15, 0.2) is 45.8 Å². The Morgan fingerprint density at radius 3 is 2.95 bits per heavy atom. The van der Waals surface area contributed by atoms with Gasteiger partial charge in [0.05, 0.1) is 6.04 Å². The van der Waals surface area contributed by atoms with Gasteiger partial charge < -0.3 is 9.88 Å². The van der Waals surface area contributed by atoms with Gasteiger partial charge in [0.1, 0.15) is 0 Å². The second-order valence-corrected chi connectivity index (χ2v) is 6.09. The van der Waals surface area contributed by atoms with E-state index in [1.54, 1.807) is 19.3 Å². The average Bonchev–Trinajstić information content (AvgIpc) is 2.86. The van der Waals surface area contributed by atoms with E-state index in [9.17, 15) is 9.59 Å². The van der Waals surface area contributed by atoms with Crippen LogP contribution in [0.3, 0.4) is 0 Å². The lowest BCUT2D eigenvalue weighted by Crippen LogP contribution is -2.28. The summed E-state index contributed by atoms with van der Waals surface area (Å²) in [6, 6.07) is 9.08. The average molecular weight is 347 g/mol. The molecule has 1 unspecified atom stereocenters. The summed E-state index contributed by atoms with van der Waals surface area (Å²) >= 11 is 3.55. The third-order valence-corrected chi connectivity index (χ3v) is 4.63. The smallest absolute Gasteiger partial charge is 0.252 e. The van der Waals surface area contributed by atoms with Gasteiger partial charge in [0.15, 0.2) is 0 Å². The fourth-order valence-corrected chi connectivity index (χ4v) is 3.27. The quantitative estimate of drug-likeness (QED) is 0.908. The molecule has 0 bridgehead atoms. The number of amides is 1. The molecular formula is C16H15BrN2O2. The maximum absolute atomic E-state index is 12.3. The highest BCUT2D eigenvalue weighted by atomic mass is 79.9. The minimum atomic E-state index is -0.203. The monoisotopic (exact) mass is 346 g/mol. The van der Waals surface area contributed by atoms with E-state index < -0.39 is 0 Å². The number of hydrogen-bond donors (Lipinski definition) is 1. The van der Waals surface area contributed by atoms with Crippen LogP contribution in [-0.4, -0.2) is 10.5 Å². The fourth-order valence-electron chi connectivity index (χ4n) is 2.69. The number of nitrogens with one attached hydrogen (secondary N) is 1. The van der Waals surface area contributed by atoms with Crippen molar-refractivity contribution < 1.29 is 4.79 Å². The van der Waals surface area contributed by atoms with E-state index in [1.165, 1.54) is 16.2 Å². The van der Waals surface area contributed by atoms with Crippen molar-refractivity contribution in [3.8, 4) is 0 Å². The van der Waals surface area contributed by atoms with Gasteiger partial charge in [-0.2, -0.15) is 0 Å². The van der Waals surface area contributed by atoms with Gasteiger partial charge in [-0.1, -0.05) is 28.1 Å². The summed E-state index contributed by atoms with van der Waals surface area (Å²) in [5.74, 6) is -0.203. The molecule has 21 heavy (non-hydrogen) atoms. The molecule has 1 aromatic carbocycles. The van der Waals surface area contributed by atoms with Crippen molar-refractivity contribution in [3.63, 3.8) is 0 Å². The van der Waals surface area contributed by atoms with Crippen molar-refractivity contribution in [2.45, 2.75) is 18.9 Å². The number of carbonyl (C=O) groups is 1. The molecule has 0 fully saturated rings. The van der Waals surface area contributed by atoms with E-state index in [4.69, 9.17) is 0 Å². The van der Waals surface area contributed by atoms with Gasteiger partial charge in [0, 0.05) is 29.3 Å². The van der Waals surface area contributed by atoms with Gasteiger partial charge in [-0.3, -0.25) is 9.59 Å². The Morgan fingerprint density at radius 1 is 1.38 bits per heavy atom. The number of aromatic nitrogens is 1. The number of carbonyl (C=O) groups excluding carboxylic acids is 1. The molecule has 0 aliphatic heterocycles. The topological polar surface area (TPSA) is 51.1 Å². The normalized spacial score (nSPS) is 16.6. The number of rotatable bonds is 2. The molecule has 0 radical (unpaired) electrons. The molecular weight excluding hydrogens is 332 g/mol. The molecule has 1 amide bonds. The third-order valence-electron chi connectivity index (χ3n) is 3.89. The summed E-state index contributed by atoms with van der Waals surface area (Å²) < 4.78 is 2.53. The van der Waals surface area contributed by atoms with Crippen molar-refractivity contribution >= 4 is 21.8 Å². The fraction of sp³-hybridized carbons (Fsp3) is 0.250. The molecule has 0 saturated heterocycles. The first-order valence-corrected chi connectivity index (χ1v) is 7.60. The van der Waals surface area contributed by atoms with Gasteiger partial charge >= 0.3 is 0 Å². The standard InChI is InChI=1S/C16H15BrN2O2/c1-19-8-7-10(9-15(19)20)16(21)18-14-6-5-11-12(14)3-2-4-13(11)17/h2-4,7-9,14H,5-6H2,1H3,(H,18,21). The Morgan fingerprint density at radius 2 is 2.19 bits per heavy atom. The Bertz CT molecular complexity index is 767. The Balaban J connectivity index is 1.82. The summed E-state index contributed by atoms with van der Waals surface area (Å²) in [5, 5.41) is 3.02. The van der Waals surface area contributed by atoms with Gasteiger partial charge in [-0.05, 0) is 36.1 Å². The Hall–Kier alpha value is -1.88. The van der Waals surface area contributed by atoms with Crippen LogP contribution in [0, 0.1) is 0 Å². The zero-order valence-electron chi connectivity index (χ0n) is 11.6. The molecule has 1 atom stereocenters. The number of fused-ring (bicyclic) bond motifs is 1. The van der Waals surface area contributed by atoms with E-state index in [1.807, 2.05) is 18.2 Å². The molecule has 1 aliphatic carbocycles. The lowest BCUT2D eigenvalue weighted by Gasteiger charge is -2.14. The Kier molecular flexibility index (Phi) is 3.68. The van der Waals surface area contributed by atoms with E-state index >= 15 is 0 Å². The number of halogens is 1. The van der Waals surface area contributed by atoms with E-state index in [-0.39, 0.29) is 17.5 Å². The number of hydrogen-bond acceptors (Lipinski definition) is 2. The molecule has 4 nitrogen and oxygen atoms in total. The van der Waals surface area contributed by atoms with E-state index in [0.29, 0.717) is 5.56 Å². The van der Waals surface area contributed by atoms with Crippen LogP contribution in [0.25, 0.3) is 0 Å². The first-order valence-electron chi connectivity index (χ1n) is 6.81. The summed E-state index contributed by atoms with van der Waals surface area (Å²) in [4.78, 5) is 23.9. The molecule has 1 N–H and O–H groups in total. The molecule has 0 saturated carbocycles. The third kappa shape index (κ3) is 2.65. The van der Waals surface area contributed by atoms with Gasteiger partial charge in [0.2, 0.25) is 0 Å². The molecule has 0 spiro atoms. The molecule has 3 rings (SSSR count). The van der Waals surface area contributed by atoms with Crippen LogP contribution in [0.1, 0.15) is 33.9 Å². The maximum Gasteiger partial charge on any atom is 0.252 e. The van der Waals surface area contributed by atoms with Crippen LogP contribution in [0.2, 0.25) is 0 Å². The number of pyridine rings is 1. The van der Waals surface area contributed by atoms with E-state index in [2.05, 4.69) is 21.2 Å². The number of benzene rings is 1. The summed E-state index contributed by atoms with van der Waals surface area (Å²) in [7, 11) is 1.66. The lowest BCUT2D eigenvalue weighted by molar-refractivity contribution is 0.0936. The van der Waals surface area contributed by atoms with Crippen LogP contribution < -0.4 is 10.9 Å². The van der Waals surface area contributed by atoms with Gasteiger partial charge in [-0.25, -0.2) is 0 Å². The van der Waals surface area contributed by atoms with Crippen LogP contribution >= 0.6 is 15.9 Å². The Labute approximate surface area is 130 Å². The number of aryl methyl sites for hydroxylation is 1. The van der Waals surface area contributed by atoms with Crippen molar-refractivity contribution in [2.24, 2.45) is 7.05 Å². The second kappa shape index (κ2) is 5.48. The lowest BCUT2D eigenvalue weighted by atomic mass is 10.1. The minimum Gasteiger partial charge on any atom is -0.345 e. The second-order valence-electron chi connectivity index (χ2n) is 5.24. The highest BCUT2D eigenvalue weighted by Crippen LogP contribution is 2.35. The largest absolute Gasteiger partial charge is 0.345 e. The summed E-state index contributed by atoms with van der Waals surface area (Å²) in [6.07, 6.45) is 3.43.